The number of rotatable bonds is 6. The molecule has 0 saturated carbocycles. The summed E-state index contributed by atoms with van der Waals surface area (Å²) in [5, 5.41) is 19.5. The first kappa shape index (κ1) is 21.1. The molecular formula is C19H28N4O4. The largest absolute Gasteiger partial charge is 0.378 e. The van der Waals surface area contributed by atoms with E-state index in [1.165, 1.54) is 0 Å². The van der Waals surface area contributed by atoms with Crippen molar-refractivity contribution in [2.45, 2.75) is 20.3 Å². The molecule has 0 spiro atoms. The lowest BCUT2D eigenvalue weighted by Crippen LogP contribution is -2.49. The van der Waals surface area contributed by atoms with Crippen LogP contribution >= 0.6 is 0 Å². The first-order chi connectivity index (χ1) is 13.0. The van der Waals surface area contributed by atoms with Crippen molar-refractivity contribution in [1.82, 2.24) is 9.80 Å². The van der Waals surface area contributed by atoms with Crippen LogP contribution in [0.3, 0.4) is 0 Å². The van der Waals surface area contributed by atoms with Gasteiger partial charge in [-0.15, -0.1) is 0 Å². The van der Waals surface area contributed by atoms with Gasteiger partial charge in [0.05, 0.1) is 38.6 Å². The first-order valence-corrected chi connectivity index (χ1v) is 9.51. The van der Waals surface area contributed by atoms with Crippen molar-refractivity contribution in [3.8, 4) is 12.1 Å². The molecule has 2 rings (SSSR count). The number of morpholine rings is 2. The molecular weight excluding hydrogens is 348 g/mol. The molecule has 2 saturated heterocycles. The number of amides is 2. The maximum atomic E-state index is 13.0. The van der Waals surface area contributed by atoms with Crippen molar-refractivity contribution in [3.63, 3.8) is 0 Å². The zero-order valence-corrected chi connectivity index (χ0v) is 16.1. The van der Waals surface area contributed by atoms with Gasteiger partial charge >= 0.3 is 0 Å². The summed E-state index contributed by atoms with van der Waals surface area (Å²) in [5.74, 6) is -3.12. The van der Waals surface area contributed by atoms with E-state index in [0.29, 0.717) is 59.0 Å². The van der Waals surface area contributed by atoms with E-state index >= 15 is 0 Å². The molecule has 8 heteroatoms. The highest BCUT2D eigenvalue weighted by molar-refractivity contribution is 5.85. The van der Waals surface area contributed by atoms with Crippen LogP contribution in [0.1, 0.15) is 20.3 Å². The van der Waals surface area contributed by atoms with Gasteiger partial charge in [-0.3, -0.25) is 9.59 Å². The third kappa shape index (κ3) is 5.41. The second-order valence-corrected chi connectivity index (χ2v) is 7.38. The number of ether oxygens (including phenoxy) is 2. The molecule has 0 aromatic carbocycles. The first-order valence-electron chi connectivity index (χ1n) is 9.51. The zero-order valence-electron chi connectivity index (χ0n) is 16.1. The molecule has 27 heavy (non-hydrogen) atoms. The summed E-state index contributed by atoms with van der Waals surface area (Å²) < 4.78 is 10.5. The minimum absolute atomic E-state index is 0.150. The Morgan fingerprint density at radius 3 is 1.52 bits per heavy atom. The maximum absolute atomic E-state index is 13.0. The van der Waals surface area contributed by atoms with Crippen molar-refractivity contribution in [2.75, 3.05) is 52.6 Å². The molecule has 2 atom stereocenters. The second-order valence-electron chi connectivity index (χ2n) is 7.38. The van der Waals surface area contributed by atoms with Gasteiger partial charge in [-0.1, -0.05) is 13.8 Å². The van der Waals surface area contributed by atoms with Crippen LogP contribution in [-0.2, 0) is 19.1 Å². The Labute approximate surface area is 160 Å². The smallest absolute Gasteiger partial charge is 0.240 e. The van der Waals surface area contributed by atoms with Gasteiger partial charge in [0.25, 0.3) is 0 Å². The molecule has 2 heterocycles. The third-order valence-corrected chi connectivity index (χ3v) is 5.06. The second kappa shape index (κ2) is 10.2. The van der Waals surface area contributed by atoms with Crippen molar-refractivity contribution < 1.29 is 19.1 Å². The van der Waals surface area contributed by atoms with Crippen LogP contribution < -0.4 is 0 Å². The highest BCUT2D eigenvalue weighted by Crippen LogP contribution is 2.31. The summed E-state index contributed by atoms with van der Waals surface area (Å²) in [4.78, 5) is 29.1. The number of nitriles is 2. The maximum Gasteiger partial charge on any atom is 0.240 e. The SMILES string of the molecule is CC(C)CC([C@H](C#N)C(=O)N1CCOCC1)[C@H](C#N)C(=O)N1CCOCC1. The number of hydrogen-bond acceptors (Lipinski definition) is 6. The van der Waals surface area contributed by atoms with E-state index in [1.54, 1.807) is 9.80 Å². The summed E-state index contributed by atoms with van der Waals surface area (Å²) >= 11 is 0. The fraction of sp³-hybridized carbons (Fsp3) is 0.789. The molecule has 2 amide bonds. The number of carbonyl (C=O) groups is 2. The Balaban J connectivity index is 2.24. The van der Waals surface area contributed by atoms with Crippen LogP contribution in [0.25, 0.3) is 0 Å². The van der Waals surface area contributed by atoms with Gasteiger partial charge in [0.1, 0.15) is 11.8 Å². The van der Waals surface area contributed by atoms with E-state index in [1.807, 2.05) is 13.8 Å². The fourth-order valence-corrected chi connectivity index (χ4v) is 3.64. The lowest BCUT2D eigenvalue weighted by molar-refractivity contribution is -0.144. The Kier molecular flexibility index (Phi) is 8.02. The quantitative estimate of drug-likeness (QED) is 0.673. The van der Waals surface area contributed by atoms with Crippen LogP contribution in [0.2, 0.25) is 0 Å². The van der Waals surface area contributed by atoms with Crippen LogP contribution in [0.5, 0.6) is 0 Å². The highest BCUT2D eigenvalue weighted by atomic mass is 16.5. The van der Waals surface area contributed by atoms with Gasteiger partial charge in [0.15, 0.2) is 0 Å². The van der Waals surface area contributed by atoms with Crippen molar-refractivity contribution in [3.05, 3.63) is 0 Å². The Bertz CT molecular complexity index is 550. The predicted molar refractivity (Wildman–Crippen MR) is 95.9 cm³/mol. The lowest BCUT2D eigenvalue weighted by atomic mass is 9.76. The number of carbonyl (C=O) groups excluding carboxylic acids is 2. The van der Waals surface area contributed by atoms with Gasteiger partial charge in [0.2, 0.25) is 11.8 Å². The molecule has 8 nitrogen and oxygen atoms in total. The standard InChI is InChI=1S/C19H28N4O4/c1-14(2)11-15(16(12-20)18(24)22-3-7-26-8-4-22)17(13-21)19(25)23-5-9-27-10-6-23/h14-17H,3-11H2,1-2H3/t16-,17-/m0/s1. The van der Waals surface area contributed by atoms with E-state index < -0.39 is 17.8 Å². The van der Waals surface area contributed by atoms with E-state index in [4.69, 9.17) is 9.47 Å². The summed E-state index contributed by atoms with van der Waals surface area (Å²) in [6, 6.07) is 4.20. The summed E-state index contributed by atoms with van der Waals surface area (Å²) in [6.45, 7) is 7.41. The minimum atomic E-state index is -1.01. The monoisotopic (exact) mass is 376 g/mol. The van der Waals surface area contributed by atoms with Gasteiger partial charge in [-0.05, 0) is 12.3 Å². The van der Waals surface area contributed by atoms with Gasteiger partial charge in [-0.2, -0.15) is 10.5 Å². The van der Waals surface area contributed by atoms with Gasteiger partial charge in [0, 0.05) is 32.1 Å². The molecule has 2 fully saturated rings. The van der Waals surface area contributed by atoms with Crippen LogP contribution in [0.4, 0.5) is 0 Å². The zero-order chi connectivity index (χ0) is 19.8. The van der Waals surface area contributed by atoms with E-state index in [2.05, 4.69) is 12.1 Å². The van der Waals surface area contributed by atoms with Crippen LogP contribution in [0, 0.1) is 46.3 Å². The topological polar surface area (TPSA) is 107 Å². The van der Waals surface area contributed by atoms with Crippen LogP contribution in [0.15, 0.2) is 0 Å². The molecule has 0 bridgehead atoms. The third-order valence-electron chi connectivity index (χ3n) is 5.06. The minimum Gasteiger partial charge on any atom is -0.378 e. The fourth-order valence-electron chi connectivity index (χ4n) is 3.64. The van der Waals surface area contributed by atoms with E-state index in [-0.39, 0.29) is 17.7 Å². The van der Waals surface area contributed by atoms with Crippen molar-refractivity contribution >= 4 is 11.8 Å². The molecule has 0 unspecified atom stereocenters. The molecule has 0 N–H and O–H groups in total. The van der Waals surface area contributed by atoms with Gasteiger partial charge in [-0.25, -0.2) is 0 Å². The number of nitrogens with zero attached hydrogens (tertiary/aromatic N) is 4. The van der Waals surface area contributed by atoms with Gasteiger partial charge < -0.3 is 19.3 Å². The molecule has 148 valence electrons. The lowest BCUT2D eigenvalue weighted by Gasteiger charge is -2.35. The molecule has 0 aromatic heterocycles. The predicted octanol–water partition coefficient (Wildman–Crippen LogP) is 0.646. The molecule has 0 aliphatic carbocycles. The van der Waals surface area contributed by atoms with Crippen molar-refractivity contribution in [2.24, 2.45) is 23.7 Å². The Hall–Kier alpha value is -2.16. The average Bonchev–Trinajstić information content (AvgIpc) is 2.69. The van der Waals surface area contributed by atoms with E-state index in [0.717, 1.165) is 0 Å². The van der Waals surface area contributed by atoms with Crippen molar-refractivity contribution in [1.29, 1.82) is 10.5 Å². The summed E-state index contributed by atoms with van der Waals surface area (Å²) in [6.07, 6.45) is 0.461. The molecule has 0 aromatic rings. The summed E-state index contributed by atoms with van der Waals surface area (Å²) in [5.41, 5.74) is 0. The molecule has 0 radical (unpaired) electrons. The van der Waals surface area contributed by atoms with Crippen LogP contribution in [-0.4, -0.2) is 74.2 Å². The average molecular weight is 376 g/mol. The molecule has 2 aliphatic heterocycles. The highest BCUT2D eigenvalue weighted by Gasteiger charge is 2.42. The summed E-state index contributed by atoms with van der Waals surface area (Å²) in [7, 11) is 0. The Morgan fingerprint density at radius 1 is 0.852 bits per heavy atom. The number of hydrogen-bond donors (Lipinski definition) is 0. The van der Waals surface area contributed by atoms with E-state index in [9.17, 15) is 20.1 Å². The molecule has 2 aliphatic rings. The normalized spacial score (nSPS) is 20.1. The Morgan fingerprint density at radius 2 is 1.22 bits per heavy atom.